The van der Waals surface area contributed by atoms with Crippen LogP contribution in [-0.4, -0.2) is 25.7 Å². The number of rotatable bonds is 4. The lowest BCUT2D eigenvalue weighted by molar-refractivity contribution is 0.102. The molecule has 0 saturated heterocycles. The normalized spacial score (nSPS) is 11.0. The highest BCUT2D eigenvalue weighted by atomic mass is 79.9. The minimum absolute atomic E-state index is 0.226. The van der Waals surface area contributed by atoms with Gasteiger partial charge in [-0.05, 0) is 21.5 Å². The fourth-order valence-corrected chi connectivity index (χ4v) is 2.97. The van der Waals surface area contributed by atoms with Crippen LogP contribution in [0.25, 0.3) is 11.0 Å². The number of halogens is 2. The van der Waals surface area contributed by atoms with Gasteiger partial charge in [0.2, 0.25) is 0 Å². The van der Waals surface area contributed by atoms with Crippen LogP contribution in [0.1, 0.15) is 15.9 Å². The lowest BCUT2D eigenvalue weighted by atomic mass is 10.2. The number of benzene rings is 1. The number of aromatic nitrogens is 4. The van der Waals surface area contributed by atoms with Crippen molar-refractivity contribution < 1.29 is 9.18 Å². The Morgan fingerprint density at radius 2 is 2.08 bits per heavy atom. The van der Waals surface area contributed by atoms with Gasteiger partial charge in [-0.1, -0.05) is 30.3 Å². The van der Waals surface area contributed by atoms with E-state index in [2.05, 4.69) is 36.3 Å². The zero-order valence-corrected chi connectivity index (χ0v) is 15.0. The van der Waals surface area contributed by atoms with E-state index in [1.54, 1.807) is 10.9 Å². The van der Waals surface area contributed by atoms with E-state index >= 15 is 0 Å². The van der Waals surface area contributed by atoms with Crippen LogP contribution in [-0.2, 0) is 6.54 Å². The number of hydrogen-bond acceptors (Lipinski definition) is 3. The molecule has 0 aliphatic rings. The molecule has 0 atom stereocenters. The molecule has 26 heavy (non-hydrogen) atoms. The summed E-state index contributed by atoms with van der Waals surface area (Å²) in [7, 11) is 0. The van der Waals surface area contributed by atoms with Crippen molar-refractivity contribution in [3.8, 4) is 0 Å². The first-order chi connectivity index (χ1) is 12.6. The molecule has 1 aromatic carbocycles. The lowest BCUT2D eigenvalue weighted by Crippen LogP contribution is -2.11. The monoisotopic (exact) mass is 413 g/mol. The topological polar surface area (TPSA) is 75.6 Å². The second kappa shape index (κ2) is 6.72. The maximum atomic E-state index is 14.3. The summed E-state index contributed by atoms with van der Waals surface area (Å²) >= 11 is 3.10. The molecular weight excluding hydrogens is 401 g/mol. The quantitative estimate of drug-likeness (QED) is 0.531. The number of H-pyrrole nitrogens is 1. The Hall–Kier alpha value is -3.00. The molecule has 1 amide bonds. The lowest BCUT2D eigenvalue weighted by Gasteiger charge is -2.03. The van der Waals surface area contributed by atoms with Crippen molar-refractivity contribution in [3.63, 3.8) is 0 Å². The Morgan fingerprint density at radius 3 is 2.88 bits per heavy atom. The zero-order chi connectivity index (χ0) is 18.1. The van der Waals surface area contributed by atoms with Crippen LogP contribution in [0.3, 0.4) is 0 Å². The van der Waals surface area contributed by atoms with E-state index in [9.17, 15) is 9.18 Å². The van der Waals surface area contributed by atoms with Crippen LogP contribution >= 0.6 is 15.9 Å². The third-order valence-corrected chi connectivity index (χ3v) is 4.48. The molecule has 4 rings (SSSR count). The number of hydrogen-bond donors (Lipinski definition) is 2. The van der Waals surface area contributed by atoms with Gasteiger partial charge in [0.25, 0.3) is 5.91 Å². The molecule has 8 heteroatoms. The first kappa shape index (κ1) is 16.5. The number of anilines is 1. The van der Waals surface area contributed by atoms with Crippen LogP contribution in [0.2, 0.25) is 0 Å². The maximum absolute atomic E-state index is 14.3. The Morgan fingerprint density at radius 1 is 1.27 bits per heavy atom. The number of nitrogens with zero attached hydrogens (tertiary/aromatic N) is 3. The van der Waals surface area contributed by atoms with Gasteiger partial charge in [-0.3, -0.25) is 9.48 Å². The number of amides is 1. The average Bonchev–Trinajstić information content (AvgIpc) is 3.27. The molecule has 130 valence electrons. The fourth-order valence-electron chi connectivity index (χ4n) is 2.66. The first-order valence-corrected chi connectivity index (χ1v) is 8.60. The van der Waals surface area contributed by atoms with E-state index in [4.69, 9.17) is 0 Å². The highest BCUT2D eigenvalue weighted by Gasteiger charge is 2.16. The van der Waals surface area contributed by atoms with E-state index in [0.717, 1.165) is 5.56 Å². The number of carbonyl (C=O) groups excluding carboxylic acids is 1. The number of fused-ring (bicyclic) bond motifs is 1. The van der Waals surface area contributed by atoms with Gasteiger partial charge in [-0.2, -0.15) is 5.10 Å². The summed E-state index contributed by atoms with van der Waals surface area (Å²) in [4.78, 5) is 19.4. The summed E-state index contributed by atoms with van der Waals surface area (Å²) in [5.41, 5.74) is 2.16. The molecule has 0 bridgehead atoms. The van der Waals surface area contributed by atoms with Crippen molar-refractivity contribution in [2.75, 3.05) is 5.32 Å². The smallest absolute Gasteiger partial charge is 0.258 e. The highest BCUT2D eigenvalue weighted by molar-refractivity contribution is 9.10. The van der Waals surface area contributed by atoms with Gasteiger partial charge in [-0.15, -0.1) is 0 Å². The molecule has 0 saturated carbocycles. The minimum Gasteiger partial charge on any atom is -0.344 e. The van der Waals surface area contributed by atoms with Gasteiger partial charge in [0.15, 0.2) is 5.82 Å². The highest BCUT2D eigenvalue weighted by Crippen LogP contribution is 2.29. The van der Waals surface area contributed by atoms with Crippen LogP contribution in [0.5, 0.6) is 0 Å². The molecule has 2 N–H and O–H groups in total. The third-order valence-electron chi connectivity index (χ3n) is 3.93. The molecule has 0 unspecified atom stereocenters. The molecule has 0 radical (unpaired) electrons. The molecule has 3 heterocycles. The second-order valence-electron chi connectivity index (χ2n) is 5.71. The van der Waals surface area contributed by atoms with Gasteiger partial charge in [0, 0.05) is 18.6 Å². The molecule has 0 aliphatic carbocycles. The summed E-state index contributed by atoms with van der Waals surface area (Å²) < 4.78 is 16.2. The molecular formula is C18H13BrFN5O. The maximum Gasteiger partial charge on any atom is 0.258 e. The van der Waals surface area contributed by atoms with E-state index < -0.39 is 5.82 Å². The average molecular weight is 414 g/mol. The number of aromatic amines is 1. The van der Waals surface area contributed by atoms with E-state index in [1.165, 1.54) is 18.6 Å². The van der Waals surface area contributed by atoms with Crippen molar-refractivity contribution in [2.24, 2.45) is 0 Å². The van der Waals surface area contributed by atoms with Crippen LogP contribution in [0, 0.1) is 5.82 Å². The minimum atomic E-state index is -0.480. The SMILES string of the molecule is O=C(Nc1c[nH]c2ncc(Br)c(F)c12)c1cnn(Cc2ccccc2)c1. The number of pyridine rings is 1. The zero-order valence-electron chi connectivity index (χ0n) is 13.4. The van der Waals surface area contributed by atoms with Crippen molar-refractivity contribution in [3.05, 3.63) is 76.5 Å². The predicted octanol–water partition coefficient (Wildman–Crippen LogP) is 3.96. The van der Waals surface area contributed by atoms with E-state index in [-0.39, 0.29) is 15.8 Å². The van der Waals surface area contributed by atoms with Crippen LogP contribution in [0.4, 0.5) is 10.1 Å². The standard InChI is InChI=1S/C18H13BrFN5O/c19-13-7-21-17-15(16(13)20)14(8-22-17)24-18(26)12-6-23-25(10-12)9-11-4-2-1-3-5-11/h1-8,10H,9H2,(H,21,22)(H,24,26). The Bertz CT molecular complexity index is 1090. The molecule has 0 spiro atoms. The predicted molar refractivity (Wildman–Crippen MR) is 99.5 cm³/mol. The van der Waals surface area contributed by atoms with Crippen molar-refractivity contribution >= 4 is 38.6 Å². The van der Waals surface area contributed by atoms with Gasteiger partial charge in [0.05, 0.1) is 33.9 Å². The summed E-state index contributed by atoms with van der Waals surface area (Å²) in [6.45, 7) is 0.562. The molecule has 4 aromatic rings. The number of carbonyl (C=O) groups is 1. The Kier molecular flexibility index (Phi) is 4.26. The fraction of sp³-hybridized carbons (Fsp3) is 0.0556. The first-order valence-electron chi connectivity index (χ1n) is 7.80. The van der Waals surface area contributed by atoms with Crippen LogP contribution in [0.15, 0.2) is 59.6 Å². The third kappa shape index (κ3) is 3.11. The summed E-state index contributed by atoms with van der Waals surface area (Å²) in [6, 6.07) is 9.81. The largest absolute Gasteiger partial charge is 0.344 e. The van der Waals surface area contributed by atoms with Gasteiger partial charge in [-0.25, -0.2) is 9.37 Å². The Balaban J connectivity index is 1.55. The summed E-state index contributed by atoms with van der Waals surface area (Å²) in [5, 5.41) is 7.14. The van der Waals surface area contributed by atoms with Gasteiger partial charge < -0.3 is 10.3 Å². The van der Waals surface area contributed by atoms with E-state index in [0.29, 0.717) is 23.4 Å². The summed E-state index contributed by atoms with van der Waals surface area (Å²) in [5.74, 6) is -0.851. The number of nitrogens with one attached hydrogen (secondary N) is 2. The van der Waals surface area contributed by atoms with Gasteiger partial charge in [0.1, 0.15) is 5.65 Å². The van der Waals surface area contributed by atoms with Crippen molar-refractivity contribution in [2.45, 2.75) is 6.54 Å². The van der Waals surface area contributed by atoms with Crippen molar-refractivity contribution in [1.82, 2.24) is 19.7 Å². The van der Waals surface area contributed by atoms with E-state index in [1.807, 2.05) is 30.3 Å². The molecule has 3 aromatic heterocycles. The van der Waals surface area contributed by atoms with Crippen molar-refractivity contribution in [1.29, 1.82) is 0 Å². The van der Waals surface area contributed by atoms with Gasteiger partial charge >= 0.3 is 0 Å². The Labute approximate surface area is 156 Å². The summed E-state index contributed by atoms with van der Waals surface area (Å²) in [6.07, 6.45) is 6.02. The molecule has 0 aliphatic heterocycles. The molecule has 6 nitrogen and oxygen atoms in total. The second-order valence-corrected chi connectivity index (χ2v) is 6.57. The van der Waals surface area contributed by atoms with Crippen LogP contribution < -0.4 is 5.32 Å². The molecule has 0 fully saturated rings.